The van der Waals surface area contributed by atoms with Gasteiger partial charge in [0, 0.05) is 5.56 Å². The second-order valence-corrected chi connectivity index (χ2v) is 6.35. The van der Waals surface area contributed by atoms with Gasteiger partial charge in [-0.25, -0.2) is 0 Å². The first-order valence-electron chi connectivity index (χ1n) is 7.83. The van der Waals surface area contributed by atoms with Crippen LogP contribution in [0.15, 0.2) is 42.5 Å². The Hall–Kier alpha value is -3.13. The highest BCUT2D eigenvalue weighted by Crippen LogP contribution is 2.35. The highest BCUT2D eigenvalue weighted by atomic mass is 32.1. The van der Waals surface area contributed by atoms with Crippen LogP contribution in [-0.4, -0.2) is 41.1 Å². The SMILES string of the molecule is COc1ccc(-c2nnc3sc(-c4ccccc4OC)nn23)cc1OC. The van der Waals surface area contributed by atoms with Gasteiger partial charge in [-0.15, -0.1) is 10.2 Å². The molecule has 0 saturated heterocycles. The van der Waals surface area contributed by atoms with Crippen LogP contribution in [-0.2, 0) is 0 Å². The Kier molecular flexibility index (Phi) is 4.18. The van der Waals surface area contributed by atoms with Gasteiger partial charge in [0.05, 0.1) is 26.9 Å². The first-order valence-corrected chi connectivity index (χ1v) is 8.65. The standard InChI is InChI=1S/C18H16N4O3S/c1-23-13-7-5-4-6-12(13)17-21-22-16(19-20-18(22)26-17)11-8-9-14(24-2)15(10-11)25-3/h4-10H,1-3H3. The summed E-state index contributed by atoms with van der Waals surface area (Å²) in [5, 5.41) is 14.0. The van der Waals surface area contributed by atoms with Gasteiger partial charge in [-0.2, -0.15) is 9.61 Å². The molecule has 4 rings (SSSR count). The molecule has 0 aliphatic rings. The van der Waals surface area contributed by atoms with E-state index in [1.807, 2.05) is 42.5 Å². The van der Waals surface area contributed by atoms with E-state index in [0.29, 0.717) is 22.3 Å². The molecule has 0 spiro atoms. The van der Waals surface area contributed by atoms with E-state index in [2.05, 4.69) is 15.3 Å². The van der Waals surface area contributed by atoms with Crippen molar-refractivity contribution in [1.82, 2.24) is 19.8 Å². The fourth-order valence-corrected chi connectivity index (χ4v) is 3.57. The molecular weight excluding hydrogens is 352 g/mol. The molecule has 8 heteroatoms. The largest absolute Gasteiger partial charge is 0.496 e. The molecule has 0 atom stereocenters. The van der Waals surface area contributed by atoms with Gasteiger partial charge in [-0.3, -0.25) is 0 Å². The maximum Gasteiger partial charge on any atom is 0.235 e. The zero-order chi connectivity index (χ0) is 18.1. The molecule has 7 nitrogen and oxygen atoms in total. The zero-order valence-electron chi connectivity index (χ0n) is 14.5. The van der Waals surface area contributed by atoms with E-state index >= 15 is 0 Å². The molecular formula is C18H16N4O3S. The van der Waals surface area contributed by atoms with Crippen molar-refractivity contribution in [1.29, 1.82) is 0 Å². The number of ether oxygens (including phenoxy) is 3. The van der Waals surface area contributed by atoms with Crippen molar-refractivity contribution in [2.75, 3.05) is 21.3 Å². The predicted molar refractivity (Wildman–Crippen MR) is 99.2 cm³/mol. The van der Waals surface area contributed by atoms with E-state index < -0.39 is 0 Å². The Morgan fingerprint density at radius 1 is 0.846 bits per heavy atom. The quantitative estimate of drug-likeness (QED) is 0.537. The zero-order valence-corrected chi connectivity index (χ0v) is 15.3. The fraction of sp³-hybridized carbons (Fsp3) is 0.167. The number of aromatic nitrogens is 4. The van der Waals surface area contributed by atoms with E-state index in [0.717, 1.165) is 21.9 Å². The molecule has 2 heterocycles. The van der Waals surface area contributed by atoms with E-state index in [9.17, 15) is 0 Å². The van der Waals surface area contributed by atoms with Crippen molar-refractivity contribution >= 4 is 16.3 Å². The Morgan fingerprint density at radius 3 is 2.38 bits per heavy atom. The molecule has 0 bridgehead atoms. The Bertz CT molecular complexity index is 1070. The summed E-state index contributed by atoms with van der Waals surface area (Å²) in [5.41, 5.74) is 1.76. The molecule has 0 unspecified atom stereocenters. The molecule has 132 valence electrons. The van der Waals surface area contributed by atoms with Crippen LogP contribution >= 0.6 is 11.3 Å². The number of nitrogens with zero attached hydrogens (tertiary/aromatic N) is 4. The van der Waals surface area contributed by atoms with Crippen molar-refractivity contribution in [3.8, 4) is 39.2 Å². The summed E-state index contributed by atoms with van der Waals surface area (Å²) < 4.78 is 17.8. The minimum absolute atomic E-state index is 0.627. The lowest BCUT2D eigenvalue weighted by molar-refractivity contribution is 0.355. The molecule has 0 aliphatic carbocycles. The first kappa shape index (κ1) is 16.3. The summed E-state index contributed by atoms with van der Waals surface area (Å²) in [7, 11) is 4.85. The van der Waals surface area contributed by atoms with Crippen molar-refractivity contribution in [2.24, 2.45) is 0 Å². The first-order chi connectivity index (χ1) is 12.7. The Labute approximate surface area is 153 Å². The van der Waals surface area contributed by atoms with Gasteiger partial charge in [0.1, 0.15) is 5.75 Å². The summed E-state index contributed by atoms with van der Waals surface area (Å²) in [6.07, 6.45) is 0. The summed E-state index contributed by atoms with van der Waals surface area (Å²) in [5.74, 6) is 2.69. The van der Waals surface area contributed by atoms with Crippen molar-refractivity contribution < 1.29 is 14.2 Å². The van der Waals surface area contributed by atoms with Crippen molar-refractivity contribution in [3.63, 3.8) is 0 Å². The molecule has 0 aliphatic heterocycles. The van der Waals surface area contributed by atoms with Gasteiger partial charge in [0.2, 0.25) is 4.96 Å². The molecule has 0 fully saturated rings. The third kappa shape index (κ3) is 2.64. The molecule has 0 radical (unpaired) electrons. The molecule has 0 N–H and O–H groups in total. The lowest BCUT2D eigenvalue weighted by Gasteiger charge is -2.08. The summed E-state index contributed by atoms with van der Waals surface area (Å²) in [6.45, 7) is 0. The maximum atomic E-state index is 5.43. The number of fused-ring (bicyclic) bond motifs is 1. The van der Waals surface area contributed by atoms with Crippen LogP contribution in [0.3, 0.4) is 0 Å². The van der Waals surface area contributed by atoms with E-state index in [4.69, 9.17) is 14.2 Å². The van der Waals surface area contributed by atoms with E-state index in [1.165, 1.54) is 11.3 Å². The third-order valence-electron chi connectivity index (χ3n) is 3.97. The minimum Gasteiger partial charge on any atom is -0.496 e. The number of para-hydroxylation sites is 1. The van der Waals surface area contributed by atoms with Gasteiger partial charge in [-0.1, -0.05) is 23.5 Å². The van der Waals surface area contributed by atoms with Crippen LogP contribution in [0.5, 0.6) is 17.2 Å². The van der Waals surface area contributed by atoms with Gasteiger partial charge in [-0.05, 0) is 30.3 Å². The summed E-state index contributed by atoms with van der Waals surface area (Å²) in [6, 6.07) is 13.4. The predicted octanol–water partition coefficient (Wildman–Crippen LogP) is 3.55. The van der Waals surface area contributed by atoms with Crippen molar-refractivity contribution in [3.05, 3.63) is 42.5 Å². The average Bonchev–Trinajstić information content (AvgIpc) is 3.28. The van der Waals surface area contributed by atoms with E-state index in [-0.39, 0.29) is 0 Å². The molecule has 26 heavy (non-hydrogen) atoms. The third-order valence-corrected chi connectivity index (χ3v) is 4.90. The number of rotatable bonds is 5. The lowest BCUT2D eigenvalue weighted by atomic mass is 10.2. The molecule has 2 aromatic heterocycles. The number of benzene rings is 2. The minimum atomic E-state index is 0.627. The normalized spacial score (nSPS) is 10.9. The number of hydrogen-bond acceptors (Lipinski definition) is 7. The molecule has 2 aromatic carbocycles. The Morgan fingerprint density at radius 2 is 1.62 bits per heavy atom. The topological polar surface area (TPSA) is 70.8 Å². The maximum absolute atomic E-state index is 5.43. The molecule has 4 aromatic rings. The Balaban J connectivity index is 1.82. The van der Waals surface area contributed by atoms with Crippen molar-refractivity contribution in [2.45, 2.75) is 0 Å². The summed E-state index contributed by atoms with van der Waals surface area (Å²) in [4.78, 5) is 0.704. The number of methoxy groups -OCH3 is 3. The highest BCUT2D eigenvalue weighted by Gasteiger charge is 2.17. The molecule has 0 amide bonds. The van der Waals surface area contributed by atoms with Crippen LogP contribution in [0.4, 0.5) is 0 Å². The lowest BCUT2D eigenvalue weighted by Crippen LogP contribution is -1.94. The smallest absolute Gasteiger partial charge is 0.235 e. The van der Waals surface area contributed by atoms with Crippen LogP contribution in [0.1, 0.15) is 0 Å². The van der Waals surface area contributed by atoms with E-state index in [1.54, 1.807) is 25.8 Å². The van der Waals surface area contributed by atoms with Gasteiger partial charge in [0.25, 0.3) is 0 Å². The van der Waals surface area contributed by atoms with Crippen LogP contribution in [0.25, 0.3) is 26.9 Å². The van der Waals surface area contributed by atoms with Gasteiger partial charge >= 0.3 is 0 Å². The van der Waals surface area contributed by atoms with Crippen LogP contribution in [0, 0.1) is 0 Å². The van der Waals surface area contributed by atoms with Crippen LogP contribution < -0.4 is 14.2 Å². The van der Waals surface area contributed by atoms with Crippen LogP contribution in [0.2, 0.25) is 0 Å². The summed E-state index contributed by atoms with van der Waals surface area (Å²) >= 11 is 1.46. The fourth-order valence-electron chi connectivity index (χ4n) is 2.70. The monoisotopic (exact) mass is 368 g/mol. The average molecular weight is 368 g/mol. The highest BCUT2D eigenvalue weighted by molar-refractivity contribution is 7.19. The second kappa shape index (κ2) is 6.64. The van der Waals surface area contributed by atoms with Gasteiger partial charge in [0.15, 0.2) is 22.3 Å². The second-order valence-electron chi connectivity index (χ2n) is 5.40. The van der Waals surface area contributed by atoms with Gasteiger partial charge < -0.3 is 14.2 Å². The molecule has 0 saturated carbocycles. The number of hydrogen-bond donors (Lipinski definition) is 0.